The topological polar surface area (TPSA) is 58.7 Å². The van der Waals surface area contributed by atoms with Crippen LogP contribution in [-0.2, 0) is 0 Å². The van der Waals surface area contributed by atoms with Crippen LogP contribution >= 0.6 is 0 Å². The highest BCUT2D eigenvalue weighted by molar-refractivity contribution is 5.70. The second-order valence-corrected chi connectivity index (χ2v) is 5.25. The van der Waals surface area contributed by atoms with Gasteiger partial charge in [0.2, 0.25) is 0 Å². The maximum Gasteiger partial charge on any atom is 0.387 e. The lowest BCUT2D eigenvalue weighted by atomic mass is 9.91. The number of rotatable bonds is 4. The molecule has 0 amide bonds. The van der Waals surface area contributed by atoms with Crippen molar-refractivity contribution in [3.05, 3.63) is 17.9 Å². The number of likely N-dealkylation sites (N-methyl/N-ethyl adjacent to an activating group) is 1. The maximum absolute atomic E-state index is 13.6. The predicted octanol–water partition coefficient (Wildman–Crippen LogP) is 2.75. The van der Waals surface area contributed by atoms with E-state index in [-0.39, 0.29) is 11.7 Å². The average molecular weight is 304 g/mol. The molecule has 7 heteroatoms. The van der Waals surface area contributed by atoms with Gasteiger partial charge in [-0.25, -0.2) is 4.39 Å². The molecule has 1 fully saturated rings. The molecule has 0 aromatic heterocycles. The van der Waals surface area contributed by atoms with Gasteiger partial charge in [0.1, 0.15) is 0 Å². The second kappa shape index (κ2) is 6.43. The largest absolute Gasteiger partial charge is 0.432 e. The summed E-state index contributed by atoms with van der Waals surface area (Å²) in [6.45, 7) is -3.11. The van der Waals surface area contributed by atoms with Crippen molar-refractivity contribution < 1.29 is 23.0 Å². The maximum atomic E-state index is 13.6. The molecule has 0 radical (unpaired) electrons. The number of alkyl halides is 2. The SMILES string of the molecule is CN(c1cc(OC(F)F)c(F)cc1N)C1CCCCC1O. The van der Waals surface area contributed by atoms with E-state index < -0.39 is 24.3 Å². The monoisotopic (exact) mass is 304 g/mol. The summed E-state index contributed by atoms with van der Waals surface area (Å²) >= 11 is 0. The number of hydrogen-bond donors (Lipinski definition) is 2. The van der Waals surface area contributed by atoms with Crippen LogP contribution in [0.3, 0.4) is 0 Å². The van der Waals surface area contributed by atoms with Crippen molar-refractivity contribution in [1.82, 2.24) is 0 Å². The third kappa shape index (κ3) is 3.53. The van der Waals surface area contributed by atoms with Crippen molar-refractivity contribution in [1.29, 1.82) is 0 Å². The van der Waals surface area contributed by atoms with E-state index in [0.717, 1.165) is 31.4 Å². The Kier molecular flexibility index (Phi) is 4.82. The fourth-order valence-corrected chi connectivity index (χ4v) is 2.77. The molecular weight excluding hydrogens is 285 g/mol. The van der Waals surface area contributed by atoms with Gasteiger partial charge in [0.05, 0.1) is 23.5 Å². The zero-order valence-electron chi connectivity index (χ0n) is 11.7. The molecule has 1 aromatic carbocycles. The van der Waals surface area contributed by atoms with Crippen LogP contribution in [0.2, 0.25) is 0 Å². The summed E-state index contributed by atoms with van der Waals surface area (Å²) in [5, 5.41) is 10.1. The Morgan fingerprint density at radius 3 is 2.62 bits per heavy atom. The minimum absolute atomic E-state index is 0.120. The van der Waals surface area contributed by atoms with Crippen LogP contribution in [0.1, 0.15) is 25.7 Å². The van der Waals surface area contributed by atoms with Gasteiger partial charge in [-0.1, -0.05) is 12.8 Å². The minimum atomic E-state index is -3.11. The van der Waals surface area contributed by atoms with Crippen LogP contribution < -0.4 is 15.4 Å². The zero-order chi connectivity index (χ0) is 15.6. The summed E-state index contributed by atoms with van der Waals surface area (Å²) in [5.74, 6) is -1.49. The van der Waals surface area contributed by atoms with Gasteiger partial charge in [-0.3, -0.25) is 0 Å². The van der Waals surface area contributed by atoms with Gasteiger partial charge in [0.15, 0.2) is 11.6 Å². The van der Waals surface area contributed by atoms with E-state index >= 15 is 0 Å². The molecule has 1 aliphatic carbocycles. The van der Waals surface area contributed by atoms with Gasteiger partial charge >= 0.3 is 6.61 Å². The molecule has 1 aliphatic rings. The summed E-state index contributed by atoms with van der Waals surface area (Å²) in [6, 6.07) is 1.93. The first kappa shape index (κ1) is 15.8. The standard InChI is InChI=1S/C14H19F3N2O2/c1-19(10-4-2-3-5-12(10)20)11-7-13(21-14(16)17)8(15)6-9(11)18/h6-7,10,12,14,20H,2-5,18H2,1H3. The van der Waals surface area contributed by atoms with E-state index in [2.05, 4.69) is 4.74 Å². The highest BCUT2D eigenvalue weighted by Gasteiger charge is 2.28. The highest BCUT2D eigenvalue weighted by atomic mass is 19.3. The van der Waals surface area contributed by atoms with Crippen LogP contribution in [0.15, 0.2) is 12.1 Å². The van der Waals surface area contributed by atoms with Crippen molar-refractivity contribution in [3.8, 4) is 5.75 Å². The van der Waals surface area contributed by atoms with Crippen LogP contribution in [0.4, 0.5) is 24.5 Å². The molecule has 1 aromatic rings. The summed E-state index contributed by atoms with van der Waals surface area (Å²) in [7, 11) is 1.70. The van der Waals surface area contributed by atoms with E-state index in [9.17, 15) is 18.3 Å². The van der Waals surface area contributed by atoms with Gasteiger partial charge in [0, 0.05) is 19.2 Å². The minimum Gasteiger partial charge on any atom is -0.432 e. The molecule has 2 unspecified atom stereocenters. The van der Waals surface area contributed by atoms with Crippen molar-refractivity contribution in [3.63, 3.8) is 0 Å². The summed E-state index contributed by atoms with van der Waals surface area (Å²) < 4.78 is 42.3. The third-order valence-corrected chi connectivity index (χ3v) is 3.87. The number of ether oxygens (including phenoxy) is 1. The lowest BCUT2D eigenvalue weighted by molar-refractivity contribution is -0.0521. The van der Waals surface area contributed by atoms with Crippen molar-refractivity contribution >= 4 is 11.4 Å². The van der Waals surface area contributed by atoms with E-state index in [1.807, 2.05) is 0 Å². The van der Waals surface area contributed by atoms with Gasteiger partial charge in [-0.15, -0.1) is 0 Å². The number of aliphatic hydroxyl groups is 1. The number of nitrogens with zero attached hydrogens (tertiary/aromatic N) is 1. The molecule has 21 heavy (non-hydrogen) atoms. The van der Waals surface area contributed by atoms with Gasteiger partial charge in [0.25, 0.3) is 0 Å². The number of aliphatic hydroxyl groups excluding tert-OH is 1. The molecule has 4 nitrogen and oxygen atoms in total. The molecule has 0 heterocycles. The van der Waals surface area contributed by atoms with E-state index in [1.165, 1.54) is 0 Å². The number of anilines is 2. The Bertz CT molecular complexity index is 499. The third-order valence-electron chi connectivity index (χ3n) is 3.87. The number of benzene rings is 1. The van der Waals surface area contributed by atoms with Crippen molar-refractivity contribution in [2.24, 2.45) is 0 Å². The number of nitrogens with two attached hydrogens (primary N) is 1. The first-order valence-corrected chi connectivity index (χ1v) is 6.85. The molecule has 0 spiro atoms. The van der Waals surface area contributed by atoms with Gasteiger partial charge in [-0.2, -0.15) is 8.78 Å². The van der Waals surface area contributed by atoms with Crippen molar-refractivity contribution in [2.75, 3.05) is 17.7 Å². The van der Waals surface area contributed by atoms with Gasteiger partial charge < -0.3 is 20.5 Å². The molecule has 2 atom stereocenters. The fraction of sp³-hybridized carbons (Fsp3) is 0.571. The van der Waals surface area contributed by atoms with Crippen LogP contribution in [0.5, 0.6) is 5.75 Å². The molecule has 2 rings (SSSR count). The fourth-order valence-electron chi connectivity index (χ4n) is 2.77. The predicted molar refractivity (Wildman–Crippen MR) is 74.1 cm³/mol. The van der Waals surface area contributed by atoms with Crippen LogP contribution in [0, 0.1) is 5.82 Å². The average Bonchev–Trinajstić information content (AvgIpc) is 2.41. The van der Waals surface area contributed by atoms with E-state index in [1.54, 1.807) is 11.9 Å². The molecule has 0 bridgehead atoms. The van der Waals surface area contributed by atoms with Crippen LogP contribution in [-0.4, -0.2) is 30.9 Å². The number of hydrogen-bond acceptors (Lipinski definition) is 4. The van der Waals surface area contributed by atoms with Crippen LogP contribution in [0.25, 0.3) is 0 Å². The highest BCUT2D eigenvalue weighted by Crippen LogP contribution is 2.35. The molecule has 1 saturated carbocycles. The van der Waals surface area contributed by atoms with Crippen molar-refractivity contribution in [2.45, 2.75) is 44.4 Å². The quantitative estimate of drug-likeness (QED) is 0.840. The molecule has 0 aliphatic heterocycles. The first-order chi connectivity index (χ1) is 9.90. The Hall–Kier alpha value is -1.63. The lowest BCUT2D eigenvalue weighted by Gasteiger charge is -2.37. The first-order valence-electron chi connectivity index (χ1n) is 6.85. The number of nitrogen functional groups attached to an aromatic ring is 1. The summed E-state index contributed by atoms with van der Waals surface area (Å²) in [6.07, 6.45) is 2.83. The number of halogens is 3. The summed E-state index contributed by atoms with van der Waals surface area (Å²) in [5.41, 5.74) is 6.26. The Labute approximate surface area is 121 Å². The van der Waals surface area contributed by atoms with Gasteiger partial charge in [-0.05, 0) is 12.8 Å². The Morgan fingerprint density at radius 2 is 2.00 bits per heavy atom. The molecule has 118 valence electrons. The smallest absolute Gasteiger partial charge is 0.387 e. The molecule has 0 saturated heterocycles. The van der Waals surface area contributed by atoms with E-state index in [0.29, 0.717) is 12.1 Å². The second-order valence-electron chi connectivity index (χ2n) is 5.25. The molecular formula is C14H19F3N2O2. The Balaban J connectivity index is 2.29. The molecule has 3 N–H and O–H groups in total. The zero-order valence-corrected chi connectivity index (χ0v) is 11.7. The van der Waals surface area contributed by atoms with E-state index in [4.69, 9.17) is 5.73 Å². The summed E-state index contributed by atoms with van der Waals surface area (Å²) in [4.78, 5) is 1.71. The normalized spacial score (nSPS) is 22.4. The Morgan fingerprint density at radius 1 is 1.33 bits per heavy atom. The lowest BCUT2D eigenvalue weighted by Crippen LogP contribution is -2.43.